The minimum Gasteiger partial charge on any atom is -0.497 e. The Morgan fingerprint density at radius 3 is 3.00 bits per heavy atom. The predicted molar refractivity (Wildman–Crippen MR) is 99.5 cm³/mol. The van der Waals surface area contributed by atoms with Crippen LogP contribution >= 0.6 is 0 Å². The number of aryl methyl sites for hydroxylation is 2. The van der Waals surface area contributed by atoms with Crippen molar-refractivity contribution in [2.45, 2.75) is 26.2 Å². The first-order valence-electron chi connectivity index (χ1n) is 8.58. The Balaban J connectivity index is 1.49. The molecule has 2 heterocycles. The normalized spacial score (nSPS) is 12.7. The van der Waals surface area contributed by atoms with Crippen molar-refractivity contribution in [1.29, 1.82) is 0 Å². The average Bonchev–Trinajstić information content (AvgIpc) is 2.63. The Hall–Kier alpha value is -2.76. The number of urea groups is 1. The number of carbonyl (C=O) groups is 1. The topological polar surface area (TPSA) is 75.3 Å². The molecule has 0 bridgehead atoms. The second-order valence-corrected chi connectivity index (χ2v) is 6.15. The Morgan fingerprint density at radius 2 is 2.20 bits per heavy atom. The van der Waals surface area contributed by atoms with Crippen LogP contribution in [0.3, 0.4) is 0 Å². The highest BCUT2D eigenvalue weighted by atomic mass is 16.5. The number of aromatic nitrogens is 1. The van der Waals surface area contributed by atoms with Gasteiger partial charge in [0.05, 0.1) is 7.11 Å². The number of anilines is 2. The van der Waals surface area contributed by atoms with Gasteiger partial charge in [0.1, 0.15) is 11.6 Å². The lowest BCUT2D eigenvalue weighted by Crippen LogP contribution is -2.30. The molecule has 0 unspecified atom stereocenters. The van der Waals surface area contributed by atoms with Crippen LogP contribution < -0.4 is 20.7 Å². The summed E-state index contributed by atoms with van der Waals surface area (Å²) < 4.78 is 5.17. The molecular formula is C19H24N4O2. The number of hydrogen-bond donors (Lipinski definition) is 3. The second kappa shape index (κ2) is 7.88. The highest BCUT2D eigenvalue weighted by molar-refractivity contribution is 5.90. The maximum absolute atomic E-state index is 12.1. The molecule has 0 atom stereocenters. The fraction of sp³-hybridized carbons (Fsp3) is 0.368. The van der Waals surface area contributed by atoms with E-state index in [4.69, 9.17) is 4.74 Å². The van der Waals surface area contributed by atoms with Crippen LogP contribution in [0.5, 0.6) is 5.75 Å². The van der Waals surface area contributed by atoms with Crippen molar-refractivity contribution in [3.63, 3.8) is 0 Å². The third kappa shape index (κ3) is 4.41. The summed E-state index contributed by atoms with van der Waals surface area (Å²) in [5.74, 6) is 1.76. The summed E-state index contributed by atoms with van der Waals surface area (Å²) in [6.07, 6.45) is 2.93. The molecule has 3 N–H and O–H groups in total. The lowest BCUT2D eigenvalue weighted by atomic mass is 10.1. The number of carbonyl (C=O) groups excluding carboxylic acids is 1. The molecule has 2 amide bonds. The van der Waals surface area contributed by atoms with Crippen LogP contribution in [-0.4, -0.2) is 31.2 Å². The van der Waals surface area contributed by atoms with Crippen LogP contribution in [0.1, 0.15) is 23.2 Å². The number of rotatable bonds is 5. The molecule has 1 aliphatic heterocycles. The maximum Gasteiger partial charge on any atom is 0.319 e. The Kier molecular flexibility index (Phi) is 5.38. The molecule has 0 saturated heterocycles. The summed E-state index contributed by atoms with van der Waals surface area (Å²) in [5.41, 5.74) is 3.98. The third-order valence-electron chi connectivity index (χ3n) is 4.30. The van der Waals surface area contributed by atoms with Gasteiger partial charge >= 0.3 is 6.03 Å². The van der Waals surface area contributed by atoms with E-state index in [-0.39, 0.29) is 6.03 Å². The number of benzene rings is 1. The van der Waals surface area contributed by atoms with Crippen molar-refractivity contribution < 1.29 is 9.53 Å². The monoisotopic (exact) mass is 340 g/mol. The smallest absolute Gasteiger partial charge is 0.319 e. The van der Waals surface area contributed by atoms with Crippen molar-refractivity contribution in [2.75, 3.05) is 30.8 Å². The van der Waals surface area contributed by atoms with E-state index in [2.05, 4.69) is 27.0 Å². The summed E-state index contributed by atoms with van der Waals surface area (Å²) >= 11 is 0. The molecule has 0 spiro atoms. The SMILES string of the molecule is COc1ccc(NC(=O)NCCc2ccc3c(n2)NCCC3)c(C)c1. The van der Waals surface area contributed by atoms with Gasteiger partial charge in [-0.15, -0.1) is 0 Å². The number of nitrogens with zero attached hydrogens (tertiary/aromatic N) is 1. The van der Waals surface area contributed by atoms with Gasteiger partial charge in [-0.25, -0.2) is 9.78 Å². The van der Waals surface area contributed by atoms with E-state index in [9.17, 15) is 4.79 Å². The van der Waals surface area contributed by atoms with E-state index in [0.717, 1.165) is 47.9 Å². The van der Waals surface area contributed by atoms with Gasteiger partial charge in [-0.05, 0) is 55.2 Å². The van der Waals surface area contributed by atoms with Crippen LogP contribution in [0, 0.1) is 6.92 Å². The fourth-order valence-corrected chi connectivity index (χ4v) is 2.88. The molecule has 1 aromatic carbocycles. The van der Waals surface area contributed by atoms with Gasteiger partial charge in [-0.1, -0.05) is 6.07 Å². The number of hydrogen-bond acceptors (Lipinski definition) is 4. The summed E-state index contributed by atoms with van der Waals surface area (Å²) in [6, 6.07) is 9.50. The van der Waals surface area contributed by atoms with Crippen LogP contribution in [0.2, 0.25) is 0 Å². The van der Waals surface area contributed by atoms with Crippen LogP contribution in [0.15, 0.2) is 30.3 Å². The van der Waals surface area contributed by atoms with Gasteiger partial charge in [-0.2, -0.15) is 0 Å². The van der Waals surface area contributed by atoms with Gasteiger partial charge in [0.25, 0.3) is 0 Å². The summed E-state index contributed by atoms with van der Waals surface area (Å²) in [4.78, 5) is 16.7. The van der Waals surface area contributed by atoms with Crippen LogP contribution in [0.4, 0.5) is 16.3 Å². The summed E-state index contributed by atoms with van der Waals surface area (Å²) in [6.45, 7) is 3.44. The van der Waals surface area contributed by atoms with Crippen molar-refractivity contribution in [3.8, 4) is 5.75 Å². The van der Waals surface area contributed by atoms with Gasteiger partial charge < -0.3 is 20.7 Å². The number of nitrogens with one attached hydrogen (secondary N) is 3. The van der Waals surface area contributed by atoms with E-state index < -0.39 is 0 Å². The first-order chi connectivity index (χ1) is 12.2. The lowest BCUT2D eigenvalue weighted by molar-refractivity contribution is 0.252. The quantitative estimate of drug-likeness (QED) is 0.782. The minimum absolute atomic E-state index is 0.218. The van der Waals surface area contributed by atoms with Crippen molar-refractivity contribution in [3.05, 3.63) is 47.2 Å². The van der Waals surface area contributed by atoms with Gasteiger partial charge in [0.15, 0.2) is 0 Å². The highest BCUT2D eigenvalue weighted by Gasteiger charge is 2.10. The first-order valence-corrected chi connectivity index (χ1v) is 8.58. The minimum atomic E-state index is -0.218. The molecular weight excluding hydrogens is 316 g/mol. The number of pyridine rings is 1. The molecule has 1 aromatic heterocycles. The Labute approximate surface area is 148 Å². The van der Waals surface area contributed by atoms with E-state index in [1.807, 2.05) is 31.2 Å². The fourth-order valence-electron chi connectivity index (χ4n) is 2.88. The molecule has 0 saturated carbocycles. The van der Waals surface area contributed by atoms with Crippen molar-refractivity contribution in [2.24, 2.45) is 0 Å². The zero-order valence-corrected chi connectivity index (χ0v) is 14.7. The zero-order valence-electron chi connectivity index (χ0n) is 14.7. The molecule has 0 aliphatic carbocycles. The number of ether oxygens (including phenoxy) is 1. The van der Waals surface area contributed by atoms with Gasteiger partial charge in [0.2, 0.25) is 0 Å². The van der Waals surface area contributed by atoms with E-state index in [1.54, 1.807) is 7.11 Å². The number of amides is 2. The summed E-state index contributed by atoms with van der Waals surface area (Å²) in [7, 11) is 1.62. The highest BCUT2D eigenvalue weighted by Crippen LogP contribution is 2.21. The lowest BCUT2D eigenvalue weighted by Gasteiger charge is -2.17. The standard InChI is InChI=1S/C19H24N4O2/c1-13-12-16(25-2)7-8-17(13)23-19(24)21-11-9-15-6-5-14-4-3-10-20-18(14)22-15/h5-8,12H,3-4,9-11H2,1-2H3,(H,20,22)(H2,21,23,24). The molecule has 0 fully saturated rings. The van der Waals surface area contributed by atoms with E-state index in [1.165, 1.54) is 5.56 Å². The van der Waals surface area contributed by atoms with Crippen molar-refractivity contribution in [1.82, 2.24) is 10.3 Å². The third-order valence-corrected chi connectivity index (χ3v) is 4.30. The average molecular weight is 340 g/mol. The van der Waals surface area contributed by atoms with E-state index in [0.29, 0.717) is 13.0 Å². The zero-order chi connectivity index (χ0) is 17.6. The largest absolute Gasteiger partial charge is 0.497 e. The number of methoxy groups -OCH3 is 1. The Morgan fingerprint density at radius 1 is 1.32 bits per heavy atom. The predicted octanol–water partition coefficient (Wildman–Crippen LogP) is 3.12. The van der Waals surface area contributed by atoms with Gasteiger partial charge in [-0.3, -0.25) is 0 Å². The number of fused-ring (bicyclic) bond motifs is 1. The first kappa shape index (κ1) is 17.1. The molecule has 6 heteroatoms. The Bertz CT molecular complexity index is 761. The second-order valence-electron chi connectivity index (χ2n) is 6.15. The molecule has 3 rings (SSSR count). The molecule has 132 valence electrons. The van der Waals surface area contributed by atoms with Crippen LogP contribution in [0.25, 0.3) is 0 Å². The molecule has 6 nitrogen and oxygen atoms in total. The van der Waals surface area contributed by atoms with Gasteiger partial charge in [0, 0.05) is 30.9 Å². The van der Waals surface area contributed by atoms with Crippen LogP contribution in [-0.2, 0) is 12.8 Å². The molecule has 1 aliphatic rings. The summed E-state index contributed by atoms with van der Waals surface area (Å²) in [5, 5.41) is 9.06. The van der Waals surface area contributed by atoms with E-state index >= 15 is 0 Å². The molecule has 25 heavy (non-hydrogen) atoms. The van der Waals surface area contributed by atoms with Crippen molar-refractivity contribution >= 4 is 17.5 Å². The maximum atomic E-state index is 12.1. The molecule has 2 aromatic rings. The molecule has 0 radical (unpaired) electrons.